The fourth-order valence-corrected chi connectivity index (χ4v) is 2.48. The van der Waals surface area contributed by atoms with E-state index in [0.29, 0.717) is 0 Å². The molecule has 1 aromatic rings. The molecule has 19 heavy (non-hydrogen) atoms. The Labute approximate surface area is 109 Å². The number of H-pyrrole nitrogens is 1. The monoisotopic (exact) mass is 270 g/mol. The maximum Gasteiger partial charge on any atom is 0.330 e. The summed E-state index contributed by atoms with van der Waals surface area (Å²) in [5.74, 6) is -1.29. The number of nitrogens with zero attached hydrogens (tertiary/aromatic N) is 1. The molecule has 1 aromatic heterocycles. The lowest BCUT2D eigenvalue weighted by atomic mass is 9.90. The molecule has 106 valence electrons. The number of aliphatic hydroxyl groups is 1. The first-order valence-electron chi connectivity index (χ1n) is 6.10. The van der Waals surface area contributed by atoms with Gasteiger partial charge in [-0.25, -0.2) is 4.79 Å². The number of aromatic nitrogens is 2. The smallest absolute Gasteiger partial charge is 0.330 e. The molecule has 0 aliphatic carbocycles. The van der Waals surface area contributed by atoms with Gasteiger partial charge in [-0.1, -0.05) is 13.8 Å². The van der Waals surface area contributed by atoms with Gasteiger partial charge in [0.1, 0.15) is 6.23 Å². The lowest BCUT2D eigenvalue weighted by molar-refractivity contribution is -0.257. The molecule has 1 fully saturated rings. The number of methoxy groups -OCH3 is 1. The van der Waals surface area contributed by atoms with Gasteiger partial charge in [0, 0.05) is 31.2 Å². The van der Waals surface area contributed by atoms with Gasteiger partial charge in [-0.3, -0.25) is 14.3 Å². The maximum atomic E-state index is 11.8. The third-order valence-corrected chi connectivity index (χ3v) is 3.94. The average molecular weight is 270 g/mol. The molecule has 1 aliphatic rings. The fourth-order valence-electron chi connectivity index (χ4n) is 2.48. The largest absolute Gasteiger partial charge is 0.391 e. The Bertz CT molecular complexity index is 560. The van der Waals surface area contributed by atoms with Gasteiger partial charge in [0.15, 0.2) is 5.79 Å². The summed E-state index contributed by atoms with van der Waals surface area (Å²) in [6, 6.07) is 1.26. The molecular weight excluding hydrogens is 252 g/mol. The molecule has 0 unspecified atom stereocenters. The zero-order valence-corrected chi connectivity index (χ0v) is 11.1. The maximum absolute atomic E-state index is 11.8. The molecule has 7 nitrogen and oxygen atoms in total. The topological polar surface area (TPSA) is 93.5 Å². The van der Waals surface area contributed by atoms with Gasteiger partial charge in [0.2, 0.25) is 0 Å². The van der Waals surface area contributed by atoms with E-state index in [9.17, 15) is 14.7 Å². The number of rotatable bonds is 3. The zero-order chi connectivity index (χ0) is 14.2. The van der Waals surface area contributed by atoms with Crippen LogP contribution in [0, 0.1) is 11.8 Å². The minimum atomic E-state index is -1.13. The Morgan fingerprint density at radius 1 is 1.53 bits per heavy atom. The van der Waals surface area contributed by atoms with Crippen LogP contribution in [-0.4, -0.2) is 34.2 Å². The number of ether oxygens (including phenoxy) is 2. The summed E-state index contributed by atoms with van der Waals surface area (Å²) in [6.07, 6.45) is 0.796. The summed E-state index contributed by atoms with van der Waals surface area (Å²) in [7, 11) is 1.46. The van der Waals surface area contributed by atoms with E-state index in [1.165, 1.54) is 23.9 Å². The predicted molar refractivity (Wildman–Crippen MR) is 66.6 cm³/mol. The fraction of sp³-hybridized carbons (Fsp3) is 0.667. The molecule has 2 heterocycles. The Hall–Kier alpha value is -1.44. The summed E-state index contributed by atoms with van der Waals surface area (Å²) >= 11 is 0. The molecule has 0 aromatic carbocycles. The summed E-state index contributed by atoms with van der Waals surface area (Å²) in [4.78, 5) is 25.0. The summed E-state index contributed by atoms with van der Waals surface area (Å²) in [5, 5.41) is 9.49. The highest BCUT2D eigenvalue weighted by Crippen LogP contribution is 2.45. The van der Waals surface area contributed by atoms with Gasteiger partial charge in [0.05, 0.1) is 6.61 Å². The van der Waals surface area contributed by atoms with Crippen LogP contribution in [0.1, 0.15) is 20.1 Å². The highest BCUT2D eigenvalue weighted by atomic mass is 16.7. The molecule has 4 atom stereocenters. The second-order valence-electron chi connectivity index (χ2n) is 4.85. The molecule has 0 radical (unpaired) electrons. The van der Waals surface area contributed by atoms with Crippen molar-refractivity contribution in [2.24, 2.45) is 11.8 Å². The molecule has 2 N–H and O–H groups in total. The van der Waals surface area contributed by atoms with Crippen LogP contribution in [-0.2, 0) is 9.47 Å². The predicted octanol–water partition coefficient (Wildman–Crippen LogP) is -0.327. The quantitative estimate of drug-likeness (QED) is 0.784. The minimum absolute atomic E-state index is 0.0595. The van der Waals surface area contributed by atoms with E-state index in [0.717, 1.165) is 0 Å². The number of nitrogens with one attached hydrogen (secondary N) is 1. The SMILES string of the molecule is CO[C@]1(CO)O[C@@H](n2ccc(=O)[nH]c2=O)[C@H](C)[C@@H]1C. The Kier molecular flexibility index (Phi) is 3.62. The lowest BCUT2D eigenvalue weighted by Gasteiger charge is -2.29. The summed E-state index contributed by atoms with van der Waals surface area (Å²) < 4.78 is 12.3. The van der Waals surface area contributed by atoms with Gasteiger partial charge >= 0.3 is 5.69 Å². The van der Waals surface area contributed by atoms with Crippen LogP contribution < -0.4 is 11.2 Å². The van der Waals surface area contributed by atoms with Gasteiger partial charge in [0.25, 0.3) is 5.56 Å². The first-order valence-corrected chi connectivity index (χ1v) is 6.10. The molecule has 0 amide bonds. The first kappa shape index (κ1) is 14.0. The van der Waals surface area contributed by atoms with Crippen LogP contribution in [0.2, 0.25) is 0 Å². The second-order valence-corrected chi connectivity index (χ2v) is 4.85. The lowest BCUT2D eigenvalue weighted by Crippen LogP contribution is -2.41. The van der Waals surface area contributed by atoms with E-state index in [4.69, 9.17) is 9.47 Å². The van der Waals surface area contributed by atoms with Crippen molar-refractivity contribution in [3.05, 3.63) is 33.1 Å². The third kappa shape index (κ3) is 2.13. The minimum Gasteiger partial charge on any atom is -0.391 e. The molecule has 0 spiro atoms. The molecule has 1 saturated heterocycles. The van der Waals surface area contributed by atoms with Crippen molar-refractivity contribution in [3.8, 4) is 0 Å². The van der Waals surface area contributed by atoms with Gasteiger partial charge in [-0.05, 0) is 0 Å². The zero-order valence-electron chi connectivity index (χ0n) is 11.1. The van der Waals surface area contributed by atoms with E-state index < -0.39 is 23.3 Å². The first-order chi connectivity index (χ1) is 8.95. The van der Waals surface area contributed by atoms with Crippen LogP contribution in [0.4, 0.5) is 0 Å². The van der Waals surface area contributed by atoms with E-state index in [1.54, 1.807) is 0 Å². The Morgan fingerprint density at radius 2 is 2.21 bits per heavy atom. The van der Waals surface area contributed by atoms with Crippen molar-refractivity contribution in [1.29, 1.82) is 0 Å². The number of aliphatic hydroxyl groups excluding tert-OH is 1. The molecular formula is C12H18N2O5. The highest BCUT2D eigenvalue weighted by molar-refractivity contribution is 4.93. The van der Waals surface area contributed by atoms with Crippen molar-refractivity contribution in [2.45, 2.75) is 25.9 Å². The van der Waals surface area contributed by atoms with Crippen LogP contribution in [0.3, 0.4) is 0 Å². The van der Waals surface area contributed by atoms with Crippen molar-refractivity contribution in [2.75, 3.05) is 13.7 Å². The number of hydrogen-bond acceptors (Lipinski definition) is 5. The van der Waals surface area contributed by atoms with Crippen LogP contribution >= 0.6 is 0 Å². The van der Waals surface area contributed by atoms with Crippen LogP contribution in [0.25, 0.3) is 0 Å². The van der Waals surface area contributed by atoms with Gasteiger partial charge in [-0.15, -0.1) is 0 Å². The van der Waals surface area contributed by atoms with Gasteiger partial charge < -0.3 is 14.6 Å². The average Bonchev–Trinajstić information content (AvgIpc) is 2.64. The number of hydrogen-bond donors (Lipinski definition) is 2. The van der Waals surface area contributed by atoms with E-state index in [1.807, 2.05) is 13.8 Å². The second kappa shape index (κ2) is 4.92. The molecule has 0 saturated carbocycles. The normalized spacial score (nSPS) is 34.6. The number of aromatic amines is 1. The molecule has 2 rings (SSSR count). The van der Waals surface area contributed by atoms with E-state index in [-0.39, 0.29) is 18.4 Å². The highest BCUT2D eigenvalue weighted by Gasteiger charge is 2.52. The molecule has 7 heteroatoms. The van der Waals surface area contributed by atoms with Crippen molar-refractivity contribution >= 4 is 0 Å². The summed E-state index contributed by atoms with van der Waals surface area (Å²) in [5.41, 5.74) is -0.999. The molecule has 0 bridgehead atoms. The van der Waals surface area contributed by atoms with E-state index in [2.05, 4.69) is 4.98 Å². The van der Waals surface area contributed by atoms with Gasteiger partial charge in [-0.2, -0.15) is 0 Å². The Morgan fingerprint density at radius 3 is 2.68 bits per heavy atom. The van der Waals surface area contributed by atoms with Crippen LogP contribution in [0.5, 0.6) is 0 Å². The van der Waals surface area contributed by atoms with E-state index >= 15 is 0 Å². The van der Waals surface area contributed by atoms with Crippen molar-refractivity contribution in [1.82, 2.24) is 9.55 Å². The summed E-state index contributed by atoms with van der Waals surface area (Å²) in [6.45, 7) is 3.49. The van der Waals surface area contributed by atoms with Crippen LogP contribution in [0.15, 0.2) is 21.9 Å². The standard InChI is InChI=1S/C12H18N2O5/c1-7-8(2)12(6-15,18-3)19-10(7)14-5-4-9(16)13-11(14)17/h4-5,7-8,10,15H,6H2,1-3H3,(H,13,16,17)/t7-,8+,10-,12-/m1/s1. The van der Waals surface area contributed by atoms with Crippen molar-refractivity contribution in [3.63, 3.8) is 0 Å². The molecule has 1 aliphatic heterocycles. The Balaban J connectivity index is 2.42. The van der Waals surface area contributed by atoms with Crippen molar-refractivity contribution < 1.29 is 14.6 Å². The third-order valence-electron chi connectivity index (χ3n) is 3.94.